The number of aryl methyl sites for hydroxylation is 1. The molecular weight excluding hydrogens is 400 g/mol. The number of H-pyrrole nitrogens is 1. The van der Waals surface area contributed by atoms with Crippen LogP contribution in [0.5, 0.6) is 5.75 Å². The Labute approximate surface area is 181 Å². The average Bonchev–Trinajstić information content (AvgIpc) is 2.76. The van der Waals surface area contributed by atoms with Gasteiger partial charge in [-0.1, -0.05) is 35.9 Å². The third-order valence-electron chi connectivity index (χ3n) is 5.48. The number of para-hydroxylation sites is 2. The lowest BCUT2D eigenvalue weighted by atomic mass is 10.1. The number of benzene rings is 2. The van der Waals surface area contributed by atoms with Gasteiger partial charge in [-0.3, -0.25) is 9.78 Å². The molecule has 1 N–H and O–H groups in total. The summed E-state index contributed by atoms with van der Waals surface area (Å²) in [6, 6.07) is 15.6. The van der Waals surface area contributed by atoms with E-state index in [0.29, 0.717) is 23.0 Å². The van der Waals surface area contributed by atoms with Crippen molar-refractivity contribution in [3.8, 4) is 5.75 Å². The molecule has 0 unspecified atom stereocenters. The summed E-state index contributed by atoms with van der Waals surface area (Å²) >= 11 is 6.07. The van der Waals surface area contributed by atoms with Gasteiger partial charge in [-0.2, -0.15) is 0 Å². The van der Waals surface area contributed by atoms with Crippen molar-refractivity contribution in [2.24, 2.45) is 0 Å². The Hall–Kier alpha value is -2.99. The van der Waals surface area contributed by atoms with E-state index in [1.807, 2.05) is 49.4 Å². The van der Waals surface area contributed by atoms with Gasteiger partial charge >= 0.3 is 0 Å². The smallest absolute Gasteiger partial charge is 0.256 e. The predicted molar refractivity (Wildman–Crippen MR) is 121 cm³/mol. The van der Waals surface area contributed by atoms with E-state index in [1.54, 1.807) is 7.11 Å². The third-order valence-corrected chi connectivity index (χ3v) is 5.72. The minimum absolute atomic E-state index is 0.0929. The van der Waals surface area contributed by atoms with Crippen LogP contribution in [-0.2, 0) is 6.42 Å². The Bertz CT molecular complexity index is 1090. The van der Waals surface area contributed by atoms with Crippen LogP contribution in [0.25, 0.3) is 0 Å². The summed E-state index contributed by atoms with van der Waals surface area (Å²) in [6.45, 7) is 5.09. The Kier molecular flexibility index (Phi) is 5.95. The number of nitrogens with one attached hydrogen (secondary N) is 1. The lowest BCUT2D eigenvalue weighted by Crippen LogP contribution is -2.47. The molecule has 1 aliphatic rings. The fourth-order valence-electron chi connectivity index (χ4n) is 3.85. The van der Waals surface area contributed by atoms with Gasteiger partial charge in [-0.05, 0) is 36.8 Å². The summed E-state index contributed by atoms with van der Waals surface area (Å²) < 4.78 is 5.49. The molecule has 0 aliphatic carbocycles. The molecule has 2 aromatic carbocycles. The molecule has 1 aliphatic heterocycles. The SMILES string of the molecule is COc1ccccc1N1CCN(c2nc(C)c(Cc3cccc(Cl)c3)c(=O)[nH]2)CC1. The zero-order valence-electron chi connectivity index (χ0n) is 17.2. The summed E-state index contributed by atoms with van der Waals surface area (Å²) in [6.07, 6.45) is 0.511. The second-order valence-corrected chi connectivity index (χ2v) is 7.84. The van der Waals surface area contributed by atoms with Crippen molar-refractivity contribution in [2.45, 2.75) is 13.3 Å². The fraction of sp³-hybridized carbons (Fsp3) is 0.304. The zero-order chi connectivity index (χ0) is 21.1. The van der Waals surface area contributed by atoms with Crippen LogP contribution in [0.1, 0.15) is 16.8 Å². The summed E-state index contributed by atoms with van der Waals surface area (Å²) in [5.74, 6) is 1.51. The molecule has 7 heteroatoms. The molecule has 1 aromatic heterocycles. The van der Waals surface area contributed by atoms with E-state index in [-0.39, 0.29) is 5.56 Å². The third kappa shape index (κ3) is 4.28. The minimum atomic E-state index is -0.0929. The Morgan fingerprint density at radius 2 is 1.80 bits per heavy atom. The predicted octanol–water partition coefficient (Wildman–Crippen LogP) is 3.66. The van der Waals surface area contributed by atoms with Crippen LogP contribution in [-0.4, -0.2) is 43.3 Å². The van der Waals surface area contributed by atoms with E-state index in [0.717, 1.165) is 48.9 Å². The van der Waals surface area contributed by atoms with E-state index >= 15 is 0 Å². The number of anilines is 2. The van der Waals surface area contributed by atoms with Crippen molar-refractivity contribution in [1.82, 2.24) is 9.97 Å². The molecule has 0 atom stereocenters. The molecule has 0 spiro atoms. The largest absolute Gasteiger partial charge is 0.495 e. The minimum Gasteiger partial charge on any atom is -0.495 e. The molecule has 0 amide bonds. The number of ether oxygens (including phenoxy) is 1. The normalized spacial score (nSPS) is 14.1. The van der Waals surface area contributed by atoms with Gasteiger partial charge in [0.1, 0.15) is 5.75 Å². The van der Waals surface area contributed by atoms with E-state index in [4.69, 9.17) is 21.3 Å². The number of rotatable bonds is 5. The first-order valence-electron chi connectivity index (χ1n) is 10.0. The highest BCUT2D eigenvalue weighted by Crippen LogP contribution is 2.28. The van der Waals surface area contributed by atoms with Crippen LogP contribution in [0.15, 0.2) is 53.3 Å². The van der Waals surface area contributed by atoms with Crippen LogP contribution < -0.4 is 20.1 Å². The number of piperazine rings is 1. The molecule has 30 heavy (non-hydrogen) atoms. The molecule has 1 fully saturated rings. The molecule has 0 radical (unpaired) electrons. The number of aromatic nitrogens is 2. The number of hydrogen-bond acceptors (Lipinski definition) is 5. The van der Waals surface area contributed by atoms with Gasteiger partial charge in [0.15, 0.2) is 0 Å². The Morgan fingerprint density at radius 3 is 2.50 bits per heavy atom. The van der Waals surface area contributed by atoms with Gasteiger partial charge in [-0.25, -0.2) is 4.98 Å². The maximum atomic E-state index is 12.8. The van der Waals surface area contributed by atoms with Crippen LogP contribution >= 0.6 is 11.6 Å². The Balaban J connectivity index is 1.48. The number of methoxy groups -OCH3 is 1. The molecule has 1 saturated heterocycles. The van der Waals surface area contributed by atoms with Gasteiger partial charge in [-0.15, -0.1) is 0 Å². The molecule has 6 nitrogen and oxygen atoms in total. The highest BCUT2D eigenvalue weighted by atomic mass is 35.5. The molecule has 0 saturated carbocycles. The van der Waals surface area contributed by atoms with E-state index in [9.17, 15) is 4.79 Å². The van der Waals surface area contributed by atoms with Gasteiger partial charge in [0, 0.05) is 43.2 Å². The second kappa shape index (κ2) is 8.79. The maximum Gasteiger partial charge on any atom is 0.256 e. The van der Waals surface area contributed by atoms with Crippen LogP contribution in [0.2, 0.25) is 5.02 Å². The first-order valence-corrected chi connectivity index (χ1v) is 10.4. The summed E-state index contributed by atoms with van der Waals surface area (Å²) in [7, 11) is 1.69. The number of hydrogen-bond donors (Lipinski definition) is 1. The summed E-state index contributed by atoms with van der Waals surface area (Å²) in [5, 5.41) is 0.666. The van der Waals surface area contributed by atoms with Crippen molar-refractivity contribution >= 4 is 23.2 Å². The van der Waals surface area contributed by atoms with Gasteiger partial charge in [0.2, 0.25) is 5.95 Å². The lowest BCUT2D eigenvalue weighted by molar-refractivity contribution is 0.413. The summed E-state index contributed by atoms with van der Waals surface area (Å²) in [5.41, 5.74) is 3.42. The monoisotopic (exact) mass is 424 g/mol. The van der Waals surface area contributed by atoms with Crippen molar-refractivity contribution in [1.29, 1.82) is 0 Å². The van der Waals surface area contributed by atoms with E-state index in [2.05, 4.69) is 20.9 Å². The zero-order valence-corrected chi connectivity index (χ0v) is 17.9. The van der Waals surface area contributed by atoms with Crippen molar-refractivity contribution in [2.75, 3.05) is 43.1 Å². The van der Waals surface area contributed by atoms with Crippen molar-refractivity contribution in [3.05, 3.63) is 80.7 Å². The molecule has 156 valence electrons. The standard InChI is InChI=1S/C23H25ClN4O2/c1-16-19(15-17-6-5-7-18(24)14-17)22(29)26-23(25-16)28-12-10-27(11-13-28)20-8-3-4-9-21(20)30-2/h3-9,14H,10-13,15H2,1-2H3,(H,25,26,29). The highest BCUT2D eigenvalue weighted by molar-refractivity contribution is 6.30. The average molecular weight is 425 g/mol. The van der Waals surface area contributed by atoms with Crippen molar-refractivity contribution in [3.63, 3.8) is 0 Å². The number of nitrogens with zero attached hydrogens (tertiary/aromatic N) is 3. The second-order valence-electron chi connectivity index (χ2n) is 7.41. The molecule has 0 bridgehead atoms. The van der Waals surface area contributed by atoms with Crippen LogP contribution in [0.3, 0.4) is 0 Å². The highest BCUT2D eigenvalue weighted by Gasteiger charge is 2.22. The van der Waals surface area contributed by atoms with E-state index < -0.39 is 0 Å². The molecule has 3 aromatic rings. The quantitative estimate of drug-likeness (QED) is 0.677. The van der Waals surface area contributed by atoms with Crippen LogP contribution in [0.4, 0.5) is 11.6 Å². The fourth-order valence-corrected chi connectivity index (χ4v) is 4.07. The van der Waals surface area contributed by atoms with Crippen molar-refractivity contribution < 1.29 is 4.74 Å². The van der Waals surface area contributed by atoms with Crippen LogP contribution in [0, 0.1) is 6.92 Å². The summed E-state index contributed by atoms with van der Waals surface area (Å²) in [4.78, 5) is 24.9. The first-order chi connectivity index (χ1) is 14.5. The number of halogens is 1. The van der Waals surface area contributed by atoms with Gasteiger partial charge < -0.3 is 14.5 Å². The molecule has 4 rings (SSSR count). The van der Waals surface area contributed by atoms with E-state index in [1.165, 1.54) is 0 Å². The molecular formula is C23H25ClN4O2. The lowest BCUT2D eigenvalue weighted by Gasteiger charge is -2.36. The first kappa shape index (κ1) is 20.3. The van der Waals surface area contributed by atoms with Gasteiger partial charge in [0.25, 0.3) is 5.56 Å². The topological polar surface area (TPSA) is 61.5 Å². The van der Waals surface area contributed by atoms with Gasteiger partial charge in [0.05, 0.1) is 18.5 Å². The maximum absolute atomic E-state index is 12.8. The number of aromatic amines is 1. The Morgan fingerprint density at radius 1 is 1.07 bits per heavy atom. The molecule has 2 heterocycles.